The number of halogens is 1. The number of carbonyl (C=O) groups excluding carboxylic acids is 1. The van der Waals surface area contributed by atoms with Gasteiger partial charge in [-0.1, -0.05) is 20.8 Å². The highest BCUT2D eigenvalue weighted by molar-refractivity contribution is 5.81. The van der Waals surface area contributed by atoms with Crippen LogP contribution in [0.5, 0.6) is 5.75 Å². The number of nitrogens with one attached hydrogen (secondary N) is 1. The molecule has 0 radical (unpaired) electrons. The molecule has 0 saturated heterocycles. The first-order chi connectivity index (χ1) is 9.02. The normalized spacial score (nSPS) is 12.3. The molecule has 1 aromatic carbocycles. The number of ether oxygens (including phenoxy) is 1. The SMILES string of the molecule is CC[C@@H](Oc1ccc(F)cc1)C(=O)NCCC(C)C. The van der Waals surface area contributed by atoms with Crippen LogP contribution in [-0.4, -0.2) is 18.6 Å². The Kier molecular flexibility index (Phi) is 6.33. The number of hydrogen-bond acceptors (Lipinski definition) is 2. The van der Waals surface area contributed by atoms with E-state index in [1.807, 2.05) is 6.92 Å². The highest BCUT2D eigenvalue weighted by Crippen LogP contribution is 2.14. The summed E-state index contributed by atoms with van der Waals surface area (Å²) in [4.78, 5) is 11.9. The molecule has 0 saturated carbocycles. The summed E-state index contributed by atoms with van der Waals surface area (Å²) in [6, 6.07) is 5.69. The molecule has 0 aliphatic heterocycles. The van der Waals surface area contributed by atoms with Crippen LogP contribution in [0.15, 0.2) is 24.3 Å². The highest BCUT2D eigenvalue weighted by Gasteiger charge is 2.17. The molecule has 0 heterocycles. The highest BCUT2D eigenvalue weighted by atomic mass is 19.1. The number of amides is 1. The molecule has 1 atom stereocenters. The zero-order valence-electron chi connectivity index (χ0n) is 11.8. The van der Waals surface area contributed by atoms with Gasteiger partial charge in [-0.25, -0.2) is 4.39 Å². The van der Waals surface area contributed by atoms with Crippen LogP contribution >= 0.6 is 0 Å². The van der Waals surface area contributed by atoms with Crippen LogP contribution in [0.3, 0.4) is 0 Å². The van der Waals surface area contributed by atoms with Gasteiger partial charge in [0.15, 0.2) is 6.10 Å². The summed E-state index contributed by atoms with van der Waals surface area (Å²) in [7, 11) is 0. The maximum Gasteiger partial charge on any atom is 0.261 e. The van der Waals surface area contributed by atoms with Crippen molar-refractivity contribution in [1.29, 1.82) is 0 Å². The summed E-state index contributed by atoms with van der Waals surface area (Å²) >= 11 is 0. The Bertz CT molecular complexity index is 390. The standard InChI is InChI=1S/C15H22FNO2/c1-4-14(15(18)17-10-9-11(2)3)19-13-7-5-12(16)6-8-13/h5-8,11,14H,4,9-10H2,1-3H3,(H,17,18)/t14-/m1/s1. The monoisotopic (exact) mass is 267 g/mol. The van der Waals surface area contributed by atoms with Crippen LogP contribution < -0.4 is 10.1 Å². The Balaban J connectivity index is 2.48. The molecule has 0 bridgehead atoms. The Morgan fingerprint density at radius 1 is 1.32 bits per heavy atom. The van der Waals surface area contributed by atoms with Gasteiger partial charge in [-0.3, -0.25) is 4.79 Å². The first kappa shape index (κ1) is 15.5. The Morgan fingerprint density at radius 3 is 2.47 bits per heavy atom. The van der Waals surface area contributed by atoms with Crippen LogP contribution in [0.1, 0.15) is 33.6 Å². The molecule has 3 nitrogen and oxygen atoms in total. The lowest BCUT2D eigenvalue weighted by Gasteiger charge is -2.17. The molecule has 4 heteroatoms. The smallest absolute Gasteiger partial charge is 0.261 e. The summed E-state index contributed by atoms with van der Waals surface area (Å²) in [5.74, 6) is 0.625. The third kappa shape index (κ3) is 5.73. The predicted molar refractivity (Wildman–Crippen MR) is 73.6 cm³/mol. The van der Waals surface area contributed by atoms with Crippen molar-refractivity contribution in [1.82, 2.24) is 5.32 Å². The molecule has 0 fully saturated rings. The lowest BCUT2D eigenvalue weighted by atomic mass is 10.1. The quantitative estimate of drug-likeness (QED) is 0.824. The molecule has 0 aliphatic carbocycles. The molecule has 0 spiro atoms. The lowest BCUT2D eigenvalue weighted by Crippen LogP contribution is -2.38. The summed E-state index contributed by atoms with van der Waals surface area (Å²) in [5, 5.41) is 2.86. The van der Waals surface area contributed by atoms with Gasteiger partial charge in [0.25, 0.3) is 5.91 Å². The zero-order chi connectivity index (χ0) is 14.3. The van der Waals surface area contributed by atoms with Crippen molar-refractivity contribution >= 4 is 5.91 Å². The molecule has 0 unspecified atom stereocenters. The third-order valence-corrected chi connectivity index (χ3v) is 2.78. The van der Waals surface area contributed by atoms with Gasteiger partial charge >= 0.3 is 0 Å². The number of rotatable bonds is 7. The van der Waals surface area contributed by atoms with E-state index < -0.39 is 6.10 Å². The Morgan fingerprint density at radius 2 is 1.95 bits per heavy atom. The summed E-state index contributed by atoms with van der Waals surface area (Å²) in [6.07, 6.45) is 0.987. The topological polar surface area (TPSA) is 38.3 Å². The zero-order valence-corrected chi connectivity index (χ0v) is 11.8. The van der Waals surface area contributed by atoms with Crippen molar-refractivity contribution in [2.24, 2.45) is 5.92 Å². The second-order valence-electron chi connectivity index (χ2n) is 4.94. The fourth-order valence-electron chi connectivity index (χ4n) is 1.60. The van der Waals surface area contributed by atoms with Crippen molar-refractivity contribution in [3.63, 3.8) is 0 Å². The predicted octanol–water partition coefficient (Wildman–Crippen LogP) is 3.15. The van der Waals surface area contributed by atoms with E-state index in [1.165, 1.54) is 24.3 Å². The van der Waals surface area contributed by atoms with Crippen LogP contribution in [0.25, 0.3) is 0 Å². The van der Waals surface area contributed by atoms with Crippen molar-refractivity contribution in [3.8, 4) is 5.75 Å². The lowest BCUT2D eigenvalue weighted by molar-refractivity contribution is -0.128. The third-order valence-electron chi connectivity index (χ3n) is 2.78. The Hall–Kier alpha value is -1.58. The van der Waals surface area contributed by atoms with Crippen molar-refractivity contribution in [3.05, 3.63) is 30.1 Å². The average molecular weight is 267 g/mol. The first-order valence-electron chi connectivity index (χ1n) is 6.72. The van der Waals surface area contributed by atoms with Crippen molar-refractivity contribution in [2.45, 2.75) is 39.7 Å². The minimum atomic E-state index is -0.530. The first-order valence-corrected chi connectivity index (χ1v) is 6.72. The number of benzene rings is 1. The molecular weight excluding hydrogens is 245 g/mol. The fraction of sp³-hybridized carbons (Fsp3) is 0.533. The van der Waals surface area contributed by atoms with Gasteiger partial charge in [0, 0.05) is 6.54 Å². The van der Waals surface area contributed by atoms with E-state index in [4.69, 9.17) is 4.74 Å². The molecule has 106 valence electrons. The van der Waals surface area contributed by atoms with E-state index in [1.54, 1.807) is 0 Å². The molecule has 0 aromatic heterocycles. The van der Waals surface area contributed by atoms with E-state index in [0.29, 0.717) is 24.6 Å². The molecule has 1 N–H and O–H groups in total. The summed E-state index contributed by atoms with van der Waals surface area (Å²) in [5.41, 5.74) is 0. The molecular formula is C15H22FNO2. The molecule has 0 aliphatic rings. The summed E-state index contributed by atoms with van der Waals surface area (Å²) in [6.45, 7) is 6.76. The average Bonchev–Trinajstić information content (AvgIpc) is 2.37. The van der Waals surface area contributed by atoms with E-state index >= 15 is 0 Å². The van der Waals surface area contributed by atoms with Gasteiger partial charge in [0.2, 0.25) is 0 Å². The van der Waals surface area contributed by atoms with Crippen LogP contribution in [0.2, 0.25) is 0 Å². The van der Waals surface area contributed by atoms with Crippen LogP contribution in [0.4, 0.5) is 4.39 Å². The van der Waals surface area contributed by atoms with Crippen LogP contribution in [0, 0.1) is 11.7 Å². The number of carbonyl (C=O) groups is 1. The largest absolute Gasteiger partial charge is 0.481 e. The van der Waals surface area contributed by atoms with E-state index in [2.05, 4.69) is 19.2 Å². The van der Waals surface area contributed by atoms with Gasteiger partial charge in [0.1, 0.15) is 11.6 Å². The van der Waals surface area contributed by atoms with Crippen molar-refractivity contribution in [2.75, 3.05) is 6.54 Å². The Labute approximate surface area is 114 Å². The maximum absolute atomic E-state index is 12.8. The molecule has 1 rings (SSSR count). The molecule has 19 heavy (non-hydrogen) atoms. The second kappa shape index (κ2) is 7.77. The van der Waals surface area contributed by atoms with E-state index in [9.17, 15) is 9.18 Å². The van der Waals surface area contributed by atoms with Gasteiger partial charge in [0.05, 0.1) is 0 Å². The number of hydrogen-bond donors (Lipinski definition) is 1. The minimum absolute atomic E-state index is 0.118. The maximum atomic E-state index is 12.8. The minimum Gasteiger partial charge on any atom is -0.481 e. The molecule has 1 aromatic rings. The van der Waals surface area contributed by atoms with E-state index in [-0.39, 0.29) is 11.7 Å². The van der Waals surface area contributed by atoms with Gasteiger partial charge in [-0.05, 0) is 43.0 Å². The van der Waals surface area contributed by atoms with Gasteiger partial charge in [-0.15, -0.1) is 0 Å². The molecule has 1 amide bonds. The fourth-order valence-corrected chi connectivity index (χ4v) is 1.60. The van der Waals surface area contributed by atoms with E-state index in [0.717, 1.165) is 6.42 Å². The second-order valence-corrected chi connectivity index (χ2v) is 4.94. The van der Waals surface area contributed by atoms with Gasteiger partial charge < -0.3 is 10.1 Å². The van der Waals surface area contributed by atoms with Crippen molar-refractivity contribution < 1.29 is 13.9 Å². The van der Waals surface area contributed by atoms with Gasteiger partial charge in [-0.2, -0.15) is 0 Å². The summed E-state index contributed by atoms with van der Waals surface area (Å²) < 4.78 is 18.3. The van der Waals surface area contributed by atoms with Crippen LogP contribution in [-0.2, 0) is 4.79 Å².